The fourth-order valence-corrected chi connectivity index (χ4v) is 2.60. The molecule has 1 N–H and O–H groups in total. The number of benzene rings is 1. The van der Waals surface area contributed by atoms with E-state index < -0.39 is 0 Å². The minimum atomic E-state index is -0.331. The number of aromatic nitrogens is 5. The first-order valence-electron chi connectivity index (χ1n) is 8.76. The molecule has 0 radical (unpaired) electrons. The van der Waals surface area contributed by atoms with Gasteiger partial charge in [0.2, 0.25) is 5.89 Å². The third kappa shape index (κ3) is 4.69. The number of carbonyl (C=O) groups is 1. The summed E-state index contributed by atoms with van der Waals surface area (Å²) in [5.74, 6) is 1.64. The molecule has 0 fully saturated rings. The van der Waals surface area contributed by atoms with E-state index in [1.165, 1.54) is 10.5 Å². The van der Waals surface area contributed by atoms with Crippen molar-refractivity contribution in [1.29, 1.82) is 0 Å². The lowest BCUT2D eigenvalue weighted by Gasteiger charge is -2.22. The maximum atomic E-state index is 12.4. The Labute approximate surface area is 157 Å². The zero-order valence-electron chi connectivity index (χ0n) is 15.7. The Morgan fingerprint density at radius 1 is 1.33 bits per heavy atom. The highest BCUT2D eigenvalue weighted by atomic mass is 16.5. The highest BCUT2D eigenvalue weighted by Gasteiger charge is 2.22. The monoisotopic (exact) mass is 369 g/mol. The van der Waals surface area contributed by atoms with E-state index in [4.69, 9.17) is 4.52 Å². The van der Waals surface area contributed by atoms with Crippen molar-refractivity contribution in [3.8, 4) is 0 Å². The van der Waals surface area contributed by atoms with Gasteiger partial charge in [0, 0.05) is 13.6 Å². The number of urea groups is 1. The third-order valence-electron chi connectivity index (χ3n) is 4.38. The summed E-state index contributed by atoms with van der Waals surface area (Å²) in [6.45, 7) is 4.60. The number of carbonyl (C=O) groups excluding carboxylic acids is 1. The molecule has 0 aliphatic heterocycles. The molecule has 9 nitrogen and oxygen atoms in total. The summed E-state index contributed by atoms with van der Waals surface area (Å²) in [7, 11) is 1.68. The Balaban J connectivity index is 1.54. The van der Waals surface area contributed by atoms with Crippen molar-refractivity contribution in [3.05, 3.63) is 59.8 Å². The second kappa shape index (κ2) is 8.43. The molecular weight excluding hydrogens is 346 g/mol. The van der Waals surface area contributed by atoms with E-state index in [1.807, 2.05) is 29.7 Å². The fraction of sp³-hybridized carbons (Fsp3) is 0.389. The summed E-state index contributed by atoms with van der Waals surface area (Å²) in [5, 5.41) is 14.7. The van der Waals surface area contributed by atoms with Gasteiger partial charge < -0.3 is 19.3 Å². The average Bonchev–Trinajstić information content (AvgIpc) is 3.32. The molecule has 0 aliphatic rings. The van der Waals surface area contributed by atoms with Crippen LogP contribution in [0.1, 0.15) is 36.1 Å². The zero-order chi connectivity index (χ0) is 19.2. The molecule has 2 amide bonds. The lowest BCUT2D eigenvalue weighted by atomic mass is 10.1. The Hall–Kier alpha value is -3.23. The van der Waals surface area contributed by atoms with Gasteiger partial charge in [-0.05, 0) is 25.8 Å². The molecule has 1 atom stereocenters. The van der Waals surface area contributed by atoms with Gasteiger partial charge in [-0.25, -0.2) is 4.79 Å². The molecule has 0 unspecified atom stereocenters. The Morgan fingerprint density at radius 2 is 2.11 bits per heavy atom. The van der Waals surface area contributed by atoms with E-state index in [9.17, 15) is 4.79 Å². The topological polar surface area (TPSA) is 102 Å². The first kappa shape index (κ1) is 18.6. The average molecular weight is 369 g/mol. The molecule has 0 bridgehead atoms. The molecule has 27 heavy (non-hydrogen) atoms. The van der Waals surface area contributed by atoms with Gasteiger partial charge >= 0.3 is 6.03 Å². The molecule has 2 aromatic heterocycles. The Kier molecular flexibility index (Phi) is 5.80. The van der Waals surface area contributed by atoms with Crippen LogP contribution in [-0.4, -0.2) is 42.9 Å². The minimum Gasteiger partial charge on any atom is -0.337 e. The largest absolute Gasteiger partial charge is 0.337 e. The van der Waals surface area contributed by atoms with Gasteiger partial charge in [0.15, 0.2) is 11.6 Å². The fourth-order valence-electron chi connectivity index (χ4n) is 2.60. The number of nitrogens with one attached hydrogen (secondary N) is 1. The van der Waals surface area contributed by atoms with E-state index >= 15 is 0 Å². The summed E-state index contributed by atoms with van der Waals surface area (Å²) in [6.07, 6.45) is 2.55. The molecule has 2 heterocycles. The number of hydrogen-bond acceptors (Lipinski definition) is 6. The molecule has 0 saturated carbocycles. The van der Waals surface area contributed by atoms with Gasteiger partial charge in [-0.1, -0.05) is 35.5 Å². The molecule has 142 valence electrons. The van der Waals surface area contributed by atoms with Gasteiger partial charge in [0.1, 0.15) is 12.4 Å². The summed E-state index contributed by atoms with van der Waals surface area (Å²) in [6, 6.07) is 9.62. The maximum absolute atomic E-state index is 12.4. The SMILES string of the molecule is Cc1noc([C@@H](C)N(C)C(=O)NCc2nncn2CCc2ccccc2)n1. The normalized spacial score (nSPS) is 12.0. The van der Waals surface area contributed by atoms with Crippen molar-refractivity contribution in [2.45, 2.75) is 39.4 Å². The van der Waals surface area contributed by atoms with Gasteiger partial charge in [0.05, 0.1) is 6.54 Å². The van der Waals surface area contributed by atoms with Crippen molar-refractivity contribution >= 4 is 6.03 Å². The van der Waals surface area contributed by atoms with Crippen molar-refractivity contribution in [2.75, 3.05) is 7.05 Å². The zero-order valence-corrected chi connectivity index (χ0v) is 15.7. The molecule has 3 aromatic rings. The first-order valence-corrected chi connectivity index (χ1v) is 8.76. The number of amides is 2. The van der Waals surface area contributed by atoms with Gasteiger partial charge in [-0.3, -0.25) is 0 Å². The van der Waals surface area contributed by atoms with Gasteiger partial charge in [0.25, 0.3) is 0 Å². The van der Waals surface area contributed by atoms with E-state index in [2.05, 4.69) is 37.8 Å². The molecule has 0 saturated heterocycles. The summed E-state index contributed by atoms with van der Waals surface area (Å²) in [4.78, 5) is 18.1. The summed E-state index contributed by atoms with van der Waals surface area (Å²) < 4.78 is 7.07. The second-order valence-electron chi connectivity index (χ2n) is 6.30. The van der Waals surface area contributed by atoms with Gasteiger partial charge in [-0.15, -0.1) is 10.2 Å². The van der Waals surface area contributed by atoms with Gasteiger partial charge in [-0.2, -0.15) is 4.98 Å². The molecule has 3 rings (SSSR count). The van der Waals surface area contributed by atoms with Crippen LogP contribution in [0.2, 0.25) is 0 Å². The van der Waals surface area contributed by atoms with E-state index in [1.54, 1.807) is 20.3 Å². The lowest BCUT2D eigenvalue weighted by molar-refractivity contribution is 0.180. The molecule has 9 heteroatoms. The predicted octanol–water partition coefficient (Wildman–Crippen LogP) is 2.11. The van der Waals surface area contributed by atoms with Crippen molar-refractivity contribution in [1.82, 2.24) is 35.1 Å². The third-order valence-corrected chi connectivity index (χ3v) is 4.38. The van der Waals surface area contributed by atoms with E-state index in [0.29, 0.717) is 17.5 Å². The molecule has 0 aliphatic carbocycles. The van der Waals surface area contributed by atoms with Crippen LogP contribution in [0.25, 0.3) is 0 Å². The Morgan fingerprint density at radius 3 is 2.81 bits per heavy atom. The predicted molar refractivity (Wildman–Crippen MR) is 97.6 cm³/mol. The van der Waals surface area contributed by atoms with Crippen LogP contribution < -0.4 is 5.32 Å². The smallest absolute Gasteiger partial charge is 0.318 e. The van der Waals surface area contributed by atoms with Crippen LogP contribution >= 0.6 is 0 Å². The summed E-state index contributed by atoms with van der Waals surface area (Å²) >= 11 is 0. The van der Waals surface area contributed by atoms with Crippen LogP contribution in [0.15, 0.2) is 41.2 Å². The van der Waals surface area contributed by atoms with Crippen molar-refractivity contribution < 1.29 is 9.32 Å². The van der Waals surface area contributed by atoms with Crippen LogP contribution in [0, 0.1) is 6.92 Å². The summed E-state index contributed by atoms with van der Waals surface area (Å²) in [5.41, 5.74) is 1.24. The van der Waals surface area contributed by atoms with Crippen LogP contribution in [0.4, 0.5) is 4.79 Å². The quantitative estimate of drug-likeness (QED) is 0.684. The highest BCUT2D eigenvalue weighted by molar-refractivity contribution is 5.74. The maximum Gasteiger partial charge on any atom is 0.318 e. The highest BCUT2D eigenvalue weighted by Crippen LogP contribution is 2.16. The molecule has 0 spiro atoms. The standard InChI is InChI=1S/C18H23N7O2/c1-13(17-21-14(2)23-27-17)24(3)18(26)19-11-16-22-20-12-25(16)10-9-15-7-5-4-6-8-15/h4-8,12-13H,9-11H2,1-3H3,(H,19,26)/t13-/m1/s1. The number of hydrogen-bond donors (Lipinski definition) is 1. The molecule has 1 aromatic carbocycles. The van der Waals surface area contributed by atoms with Crippen molar-refractivity contribution in [2.24, 2.45) is 0 Å². The lowest BCUT2D eigenvalue weighted by Crippen LogP contribution is -2.39. The minimum absolute atomic E-state index is 0.254. The van der Waals surface area contributed by atoms with E-state index in [-0.39, 0.29) is 18.6 Å². The number of rotatable bonds is 7. The second-order valence-corrected chi connectivity index (χ2v) is 6.30. The van der Waals surface area contributed by atoms with Crippen molar-refractivity contribution in [3.63, 3.8) is 0 Å². The first-order chi connectivity index (χ1) is 13.0. The van der Waals surface area contributed by atoms with Crippen LogP contribution in [0.5, 0.6) is 0 Å². The van der Waals surface area contributed by atoms with Crippen LogP contribution in [0.3, 0.4) is 0 Å². The van der Waals surface area contributed by atoms with Crippen LogP contribution in [-0.2, 0) is 19.5 Å². The number of nitrogens with zero attached hydrogens (tertiary/aromatic N) is 6. The number of aryl methyl sites for hydroxylation is 3. The Bertz CT molecular complexity index is 875. The molecular formula is C18H23N7O2. The van der Waals surface area contributed by atoms with E-state index in [0.717, 1.165) is 13.0 Å².